The van der Waals surface area contributed by atoms with Gasteiger partial charge in [-0.3, -0.25) is 14.4 Å². The second kappa shape index (κ2) is 25.1. The highest BCUT2D eigenvalue weighted by molar-refractivity contribution is 6.31. The molecule has 2 aliphatic carbocycles. The number of phenolic OH excluding ortho intramolecular Hbond substituents is 3. The lowest BCUT2D eigenvalue weighted by Gasteiger charge is -2.50. The summed E-state index contributed by atoms with van der Waals surface area (Å²) in [6.07, 6.45) is -11.2. The molecule has 2 aromatic carbocycles. The Bertz CT molecular complexity index is 2660. The average Bonchev–Trinajstić information content (AvgIpc) is 0.798. The van der Waals surface area contributed by atoms with Crippen LogP contribution in [0.1, 0.15) is 174 Å². The second-order valence-corrected chi connectivity index (χ2v) is 24.5. The van der Waals surface area contributed by atoms with E-state index in [1.54, 1.807) is 27.7 Å². The number of aliphatic hydroxyl groups excluding tert-OH is 2. The second-order valence-electron chi connectivity index (χ2n) is 24.5. The van der Waals surface area contributed by atoms with Crippen molar-refractivity contribution >= 4 is 17.3 Å². The van der Waals surface area contributed by atoms with Crippen LogP contribution in [0, 0.1) is 0 Å². The largest absolute Gasteiger partial charge is 0.507 e. The Hall–Kier alpha value is -3.83. The molecule has 6 saturated heterocycles. The quantitative estimate of drug-likeness (QED) is 0.110. The number of benzene rings is 2. The molecule has 10 rings (SSSR count). The van der Waals surface area contributed by atoms with Crippen molar-refractivity contribution in [1.82, 2.24) is 9.80 Å². The monoisotopic (exact) mass is 1170 g/mol. The van der Waals surface area contributed by atoms with E-state index < -0.39 is 163 Å². The summed E-state index contributed by atoms with van der Waals surface area (Å²) in [5.74, 6) is -3.58. The molecule has 0 amide bonds. The number of hydrogen-bond acceptors (Lipinski definition) is 23. The number of carbonyl (C=O) groups is 3. The summed E-state index contributed by atoms with van der Waals surface area (Å²) in [6.45, 7) is 12.6. The molecule has 23 heteroatoms. The number of fused-ring (bicyclic) bond motifs is 3. The van der Waals surface area contributed by atoms with Crippen molar-refractivity contribution in [3.05, 3.63) is 51.6 Å². The number of nitrogens with zero attached hydrogens (tertiary/aromatic N) is 2. The Labute approximate surface area is 484 Å². The summed E-state index contributed by atoms with van der Waals surface area (Å²) in [5, 5.41) is 70.9. The summed E-state index contributed by atoms with van der Waals surface area (Å²) in [6, 6.07) is 3.27. The fourth-order valence-electron chi connectivity index (χ4n) is 13.6. The number of hydrogen-bond donors (Lipinski definition) is 6. The van der Waals surface area contributed by atoms with Gasteiger partial charge >= 0.3 is 0 Å². The molecule has 6 fully saturated rings. The maximum atomic E-state index is 14.5. The van der Waals surface area contributed by atoms with Gasteiger partial charge in [-0.05, 0) is 95.1 Å². The molecule has 6 N–H and O–H groups in total. The Morgan fingerprint density at radius 1 is 0.554 bits per heavy atom. The summed E-state index contributed by atoms with van der Waals surface area (Å²) in [5.41, 5.74) is -3.75. The van der Waals surface area contributed by atoms with Gasteiger partial charge in [0.1, 0.15) is 47.8 Å². The van der Waals surface area contributed by atoms with E-state index >= 15 is 0 Å². The third-order valence-corrected chi connectivity index (χ3v) is 18.4. The number of aliphatic hydroxyl groups is 3. The predicted octanol–water partition coefficient (Wildman–Crippen LogP) is 4.91. The lowest BCUT2D eigenvalue weighted by atomic mass is 9.70. The molecule has 462 valence electrons. The maximum absolute atomic E-state index is 14.5. The average molecular weight is 1170 g/mol. The van der Waals surface area contributed by atoms with Crippen molar-refractivity contribution in [2.24, 2.45) is 0 Å². The molecule has 0 unspecified atom stereocenters. The highest BCUT2D eigenvalue weighted by Gasteiger charge is 2.55. The highest BCUT2D eigenvalue weighted by atomic mass is 16.8. The van der Waals surface area contributed by atoms with Gasteiger partial charge in [0.25, 0.3) is 0 Å². The van der Waals surface area contributed by atoms with E-state index in [0.717, 1.165) is 0 Å². The van der Waals surface area contributed by atoms with Crippen molar-refractivity contribution < 1.29 is 102 Å². The molecule has 23 nitrogen and oxygen atoms in total. The van der Waals surface area contributed by atoms with Crippen LogP contribution in [0.25, 0.3) is 0 Å². The van der Waals surface area contributed by atoms with Crippen LogP contribution in [-0.4, -0.2) is 215 Å². The van der Waals surface area contributed by atoms with Crippen molar-refractivity contribution in [2.75, 3.05) is 28.2 Å². The first-order chi connectivity index (χ1) is 39.4. The number of ketones is 3. The number of aromatic hydroxyl groups is 3. The summed E-state index contributed by atoms with van der Waals surface area (Å²) in [4.78, 5) is 45.1. The van der Waals surface area contributed by atoms with E-state index in [2.05, 4.69) is 0 Å². The molecule has 6 heterocycles. The van der Waals surface area contributed by atoms with E-state index in [9.17, 15) is 45.0 Å². The third-order valence-electron chi connectivity index (χ3n) is 18.4. The zero-order valence-electron chi connectivity index (χ0n) is 49.4. The fraction of sp³-hybridized carbons (Fsp3) is 0.750. The smallest absolute Gasteiger partial charge is 0.202 e. The van der Waals surface area contributed by atoms with E-state index in [0.29, 0.717) is 38.5 Å². The SMILES string of the molecule is CC[C@@]1(O)C[C@H](O[C@@H]2C[C@@H](N(C)C)[C@@H](O[C@@H]3C[C@@H](O)[C@@H](O[C@@H]4CC[C@@H](O)[C@H](C)O4)[C@H](C)O3)[C@H](C)O2)c2c(O)c3c(c(O)c2[C@H]1O[C@@H]1C[C@@H](N(C)C)[C@@H](O[C@@H]2CC[C@@H](O[C@@H]4CCC(=O)[C@H](C)O4)[C@H](C)O2)[C@H](C)O1)C(=O)c1cccc(O)c1C3=O. The number of ether oxygens (including phenoxy) is 12. The van der Waals surface area contributed by atoms with Gasteiger partial charge < -0.3 is 97.3 Å². The molecule has 0 radical (unpaired) electrons. The molecular formula is C60H86N2O21. The van der Waals surface area contributed by atoms with Crippen molar-refractivity contribution in [3.63, 3.8) is 0 Å². The van der Waals surface area contributed by atoms with Crippen LogP contribution in [-0.2, 0) is 61.6 Å². The Balaban J connectivity index is 0.890. The Kier molecular flexibility index (Phi) is 18.8. The first-order valence-electron chi connectivity index (χ1n) is 29.7. The van der Waals surface area contributed by atoms with Crippen molar-refractivity contribution in [1.29, 1.82) is 0 Å². The number of Topliss-reactive ketones (excluding diaryl/α,β-unsaturated/α-hetero) is 1. The van der Waals surface area contributed by atoms with Crippen LogP contribution in [0.2, 0.25) is 0 Å². The summed E-state index contributed by atoms with van der Waals surface area (Å²) < 4.78 is 77.2. The molecule has 23 atom stereocenters. The van der Waals surface area contributed by atoms with E-state index in [1.807, 2.05) is 58.8 Å². The van der Waals surface area contributed by atoms with Gasteiger partial charge in [0, 0.05) is 80.1 Å². The molecule has 2 aromatic rings. The van der Waals surface area contributed by atoms with Gasteiger partial charge in [0.2, 0.25) is 5.78 Å². The zero-order valence-corrected chi connectivity index (χ0v) is 49.4. The lowest BCUT2D eigenvalue weighted by Crippen LogP contribution is -2.58. The normalized spacial score (nSPS) is 41.4. The Morgan fingerprint density at radius 2 is 1.08 bits per heavy atom. The first kappa shape index (κ1) is 62.2. The number of carbonyl (C=O) groups excluding carboxylic acids is 3. The van der Waals surface area contributed by atoms with Gasteiger partial charge in [-0.15, -0.1) is 0 Å². The first-order valence-corrected chi connectivity index (χ1v) is 29.7. The van der Waals surface area contributed by atoms with Gasteiger partial charge in [-0.1, -0.05) is 19.1 Å². The molecule has 0 saturated carbocycles. The molecule has 6 aliphatic heterocycles. The zero-order chi connectivity index (χ0) is 59.7. The van der Waals surface area contributed by atoms with Gasteiger partial charge in [0.15, 0.2) is 49.3 Å². The molecular weight excluding hydrogens is 1080 g/mol. The highest BCUT2D eigenvalue weighted by Crippen LogP contribution is 2.58. The molecule has 0 bridgehead atoms. The number of likely N-dealkylation sites (N-methyl/N-ethyl adjacent to an activating group) is 2. The van der Waals surface area contributed by atoms with Crippen LogP contribution >= 0.6 is 0 Å². The minimum Gasteiger partial charge on any atom is -0.507 e. The van der Waals surface area contributed by atoms with E-state index in [1.165, 1.54) is 18.2 Å². The van der Waals surface area contributed by atoms with Crippen LogP contribution in [0.4, 0.5) is 0 Å². The van der Waals surface area contributed by atoms with Crippen LogP contribution in [0.3, 0.4) is 0 Å². The summed E-state index contributed by atoms with van der Waals surface area (Å²) >= 11 is 0. The standard InChI is InChI=1S/C60H86N2O21/c1-12-60(71)25-40(79-44-22-33(61(8)9)57(30(6)75-44)82-46-24-38(66)58(31(7)77-46)81-42-20-17-36(64)27(3)73-42)48-51(55(70)49-50(54(48)69)53(68)47-32(52(49)67)14-13-15-37(47)65)59(60)83-45-23-34(62(10)11)56(29(5)76-45)80-43-21-18-39(28(4)74-43)78-41-19-16-35(63)26(2)72-41/h13-15,26-31,33-34,36,38-46,56-59,64-66,69-71H,12,16-25H2,1-11H3/t26-,27-,28-,29-,30-,31-,33+,34+,36+,38+,39+,40-,41+,42+,43+,44+,45+,46+,56-,57-,58-,59+,60+/m0/s1. The number of rotatable bonds is 15. The minimum absolute atomic E-state index is 0.0144. The molecule has 0 aromatic heterocycles. The molecule has 8 aliphatic rings. The van der Waals surface area contributed by atoms with E-state index in [4.69, 9.17) is 56.8 Å². The van der Waals surface area contributed by atoms with Gasteiger partial charge in [-0.25, -0.2) is 0 Å². The van der Waals surface area contributed by atoms with Crippen molar-refractivity contribution in [3.8, 4) is 17.2 Å². The maximum Gasteiger partial charge on any atom is 0.202 e. The van der Waals surface area contributed by atoms with Crippen LogP contribution < -0.4 is 0 Å². The fourth-order valence-corrected chi connectivity index (χ4v) is 13.6. The van der Waals surface area contributed by atoms with Gasteiger partial charge in [-0.2, -0.15) is 0 Å². The topological polar surface area (TPSA) is 290 Å². The lowest BCUT2D eigenvalue weighted by molar-refractivity contribution is -0.330. The van der Waals surface area contributed by atoms with Gasteiger partial charge in [0.05, 0.1) is 77.2 Å². The Morgan fingerprint density at radius 3 is 1.67 bits per heavy atom. The molecule has 83 heavy (non-hydrogen) atoms. The molecule has 0 spiro atoms. The van der Waals surface area contributed by atoms with Crippen LogP contribution in [0.5, 0.6) is 17.2 Å². The van der Waals surface area contributed by atoms with Crippen LogP contribution in [0.15, 0.2) is 18.2 Å². The predicted molar refractivity (Wildman–Crippen MR) is 291 cm³/mol. The number of phenols is 3. The van der Waals surface area contributed by atoms with E-state index in [-0.39, 0.29) is 78.4 Å². The van der Waals surface area contributed by atoms with Crippen molar-refractivity contribution in [2.45, 2.75) is 260 Å². The third kappa shape index (κ3) is 12.4. The minimum atomic E-state index is -1.88. The summed E-state index contributed by atoms with van der Waals surface area (Å²) in [7, 11) is 7.56.